The van der Waals surface area contributed by atoms with Crippen LogP contribution in [0, 0.1) is 0 Å². The van der Waals surface area contributed by atoms with Crippen LogP contribution in [0.5, 0.6) is 5.75 Å². The number of alkyl halides is 3. The van der Waals surface area contributed by atoms with Crippen LogP contribution in [0.3, 0.4) is 0 Å². The summed E-state index contributed by atoms with van der Waals surface area (Å²) in [4.78, 5) is 11.8. The van der Waals surface area contributed by atoms with Gasteiger partial charge in [0.2, 0.25) is 5.91 Å². The molecule has 2 aromatic carbocycles. The average Bonchev–Trinajstić information content (AvgIpc) is 2.52. The largest absolute Gasteiger partial charge is 0.497 e. The Morgan fingerprint density at radius 3 is 2.39 bits per heavy atom. The van der Waals surface area contributed by atoms with Gasteiger partial charge in [0.1, 0.15) is 5.75 Å². The summed E-state index contributed by atoms with van der Waals surface area (Å²) in [7, 11) is 1.52. The van der Waals surface area contributed by atoms with Crippen LogP contribution in [-0.4, -0.2) is 19.6 Å². The van der Waals surface area contributed by atoms with E-state index in [-0.39, 0.29) is 12.5 Å². The third-order valence-electron chi connectivity index (χ3n) is 3.02. The van der Waals surface area contributed by atoms with Crippen LogP contribution in [0.1, 0.15) is 5.56 Å². The molecule has 0 aliphatic heterocycles. The summed E-state index contributed by atoms with van der Waals surface area (Å²) in [5.41, 5.74) is 0.270. The molecule has 0 spiro atoms. The number of carbonyl (C=O) groups is 1. The summed E-state index contributed by atoms with van der Waals surface area (Å²) in [6.07, 6.45) is -4.37. The summed E-state index contributed by atoms with van der Waals surface area (Å²) in [6, 6.07) is 11.3. The van der Waals surface area contributed by atoms with E-state index in [4.69, 9.17) is 4.74 Å². The second-order valence-electron chi connectivity index (χ2n) is 4.71. The Labute approximate surface area is 131 Å². The highest BCUT2D eigenvalue weighted by atomic mass is 19.4. The quantitative estimate of drug-likeness (QED) is 0.880. The lowest BCUT2D eigenvalue weighted by molar-refractivity contribution is -0.137. The minimum atomic E-state index is -4.37. The van der Waals surface area contributed by atoms with Crippen molar-refractivity contribution < 1.29 is 22.7 Å². The van der Waals surface area contributed by atoms with Crippen LogP contribution in [0.15, 0.2) is 48.5 Å². The SMILES string of the molecule is COc1cccc(NC(=O)CNc2ccc(C(F)(F)F)cc2)c1. The van der Waals surface area contributed by atoms with Gasteiger partial charge in [0, 0.05) is 17.4 Å². The zero-order chi connectivity index (χ0) is 16.9. The predicted octanol–water partition coefficient (Wildman–Crippen LogP) is 3.76. The first kappa shape index (κ1) is 16.7. The van der Waals surface area contributed by atoms with Crippen molar-refractivity contribution in [1.82, 2.24) is 0 Å². The van der Waals surface area contributed by atoms with Gasteiger partial charge in [-0.15, -0.1) is 0 Å². The van der Waals surface area contributed by atoms with Crippen molar-refractivity contribution in [2.45, 2.75) is 6.18 Å². The molecule has 1 amide bonds. The van der Waals surface area contributed by atoms with Gasteiger partial charge < -0.3 is 15.4 Å². The molecule has 0 aliphatic carbocycles. The molecule has 2 aromatic rings. The van der Waals surface area contributed by atoms with Crippen LogP contribution in [0.25, 0.3) is 0 Å². The molecule has 0 radical (unpaired) electrons. The molecule has 2 N–H and O–H groups in total. The van der Waals surface area contributed by atoms with Crippen molar-refractivity contribution in [3.63, 3.8) is 0 Å². The van der Waals surface area contributed by atoms with E-state index in [9.17, 15) is 18.0 Å². The second-order valence-corrected chi connectivity index (χ2v) is 4.71. The number of nitrogens with one attached hydrogen (secondary N) is 2. The van der Waals surface area contributed by atoms with Gasteiger partial charge in [0.25, 0.3) is 0 Å². The number of anilines is 2. The molecule has 2 rings (SSSR count). The highest BCUT2D eigenvalue weighted by molar-refractivity contribution is 5.93. The number of halogens is 3. The van der Waals surface area contributed by atoms with E-state index in [0.717, 1.165) is 12.1 Å². The standard InChI is InChI=1S/C16H15F3N2O2/c1-23-14-4-2-3-13(9-14)21-15(22)10-20-12-7-5-11(6-8-12)16(17,18)19/h2-9,20H,10H2,1H3,(H,21,22). The fourth-order valence-corrected chi connectivity index (χ4v) is 1.87. The van der Waals surface area contributed by atoms with Crippen LogP contribution in [-0.2, 0) is 11.0 Å². The number of amides is 1. The van der Waals surface area contributed by atoms with E-state index in [1.54, 1.807) is 24.3 Å². The minimum Gasteiger partial charge on any atom is -0.497 e. The molecule has 0 aliphatic rings. The summed E-state index contributed by atoms with van der Waals surface area (Å²) in [6.45, 7) is -0.0669. The van der Waals surface area contributed by atoms with E-state index >= 15 is 0 Å². The molecule has 0 heterocycles. The second kappa shape index (κ2) is 7.04. The van der Waals surface area contributed by atoms with Crippen molar-refractivity contribution in [2.24, 2.45) is 0 Å². The maximum absolute atomic E-state index is 12.4. The zero-order valence-corrected chi connectivity index (χ0v) is 12.3. The maximum atomic E-state index is 12.4. The van der Waals surface area contributed by atoms with Crippen LogP contribution in [0.4, 0.5) is 24.5 Å². The van der Waals surface area contributed by atoms with Crippen LogP contribution < -0.4 is 15.4 Å². The fraction of sp³-hybridized carbons (Fsp3) is 0.188. The third-order valence-corrected chi connectivity index (χ3v) is 3.02. The van der Waals surface area contributed by atoms with Gasteiger partial charge in [0.05, 0.1) is 19.2 Å². The molecule has 7 heteroatoms. The molecule has 0 saturated heterocycles. The molecule has 0 atom stereocenters. The smallest absolute Gasteiger partial charge is 0.416 e. The lowest BCUT2D eigenvalue weighted by Gasteiger charge is -2.10. The lowest BCUT2D eigenvalue weighted by Crippen LogP contribution is -2.21. The molecule has 0 aromatic heterocycles. The molecule has 23 heavy (non-hydrogen) atoms. The topological polar surface area (TPSA) is 50.4 Å². The summed E-state index contributed by atoms with van der Waals surface area (Å²) >= 11 is 0. The van der Waals surface area contributed by atoms with Crippen molar-refractivity contribution in [2.75, 3.05) is 24.3 Å². The number of rotatable bonds is 5. The Kier molecular flexibility index (Phi) is 5.10. The summed E-state index contributed by atoms with van der Waals surface area (Å²) in [5, 5.41) is 5.42. The summed E-state index contributed by atoms with van der Waals surface area (Å²) < 4.78 is 42.4. The number of hydrogen-bond acceptors (Lipinski definition) is 3. The van der Waals surface area contributed by atoms with Crippen molar-refractivity contribution in [3.8, 4) is 5.75 Å². The van der Waals surface area contributed by atoms with E-state index in [2.05, 4.69) is 10.6 Å². The van der Waals surface area contributed by atoms with Crippen molar-refractivity contribution in [3.05, 3.63) is 54.1 Å². The molecule has 0 unspecified atom stereocenters. The van der Waals surface area contributed by atoms with E-state index < -0.39 is 11.7 Å². The molecule has 0 fully saturated rings. The predicted molar refractivity (Wildman–Crippen MR) is 81.6 cm³/mol. The molecular formula is C16H15F3N2O2. The van der Waals surface area contributed by atoms with Gasteiger partial charge in [0.15, 0.2) is 0 Å². The van der Waals surface area contributed by atoms with Crippen molar-refractivity contribution in [1.29, 1.82) is 0 Å². The van der Waals surface area contributed by atoms with Gasteiger partial charge in [-0.05, 0) is 36.4 Å². The highest BCUT2D eigenvalue weighted by Gasteiger charge is 2.29. The highest BCUT2D eigenvalue weighted by Crippen LogP contribution is 2.29. The Balaban J connectivity index is 1.89. The molecule has 122 valence electrons. The fourth-order valence-electron chi connectivity index (χ4n) is 1.87. The maximum Gasteiger partial charge on any atom is 0.416 e. The normalized spacial score (nSPS) is 11.0. The van der Waals surface area contributed by atoms with Gasteiger partial charge in [-0.25, -0.2) is 0 Å². The Morgan fingerprint density at radius 1 is 1.09 bits per heavy atom. The van der Waals surface area contributed by atoms with Crippen LogP contribution >= 0.6 is 0 Å². The van der Waals surface area contributed by atoms with Gasteiger partial charge in [-0.2, -0.15) is 13.2 Å². The first-order valence-electron chi connectivity index (χ1n) is 6.73. The van der Waals surface area contributed by atoms with Gasteiger partial charge >= 0.3 is 6.18 Å². The number of benzene rings is 2. The molecule has 4 nitrogen and oxygen atoms in total. The van der Waals surface area contributed by atoms with E-state index in [1.165, 1.54) is 19.2 Å². The molecular weight excluding hydrogens is 309 g/mol. The van der Waals surface area contributed by atoms with E-state index in [1.807, 2.05) is 0 Å². The number of methoxy groups -OCH3 is 1. The van der Waals surface area contributed by atoms with Crippen LogP contribution in [0.2, 0.25) is 0 Å². The summed E-state index contributed by atoms with van der Waals surface area (Å²) in [5.74, 6) is 0.289. The number of hydrogen-bond donors (Lipinski definition) is 2. The zero-order valence-electron chi connectivity index (χ0n) is 12.3. The lowest BCUT2D eigenvalue weighted by atomic mass is 10.2. The van der Waals surface area contributed by atoms with Gasteiger partial charge in [-0.1, -0.05) is 6.07 Å². The third kappa shape index (κ3) is 4.91. The Morgan fingerprint density at radius 2 is 1.78 bits per heavy atom. The Hall–Kier alpha value is -2.70. The first-order valence-corrected chi connectivity index (χ1v) is 6.73. The van der Waals surface area contributed by atoms with Crippen molar-refractivity contribution >= 4 is 17.3 Å². The number of ether oxygens (including phenoxy) is 1. The van der Waals surface area contributed by atoms with Gasteiger partial charge in [-0.3, -0.25) is 4.79 Å². The molecule has 0 saturated carbocycles. The first-order chi connectivity index (χ1) is 10.9. The average molecular weight is 324 g/mol. The number of carbonyl (C=O) groups excluding carboxylic acids is 1. The molecule has 0 bridgehead atoms. The Bertz CT molecular complexity index is 670. The monoisotopic (exact) mass is 324 g/mol. The minimum absolute atomic E-state index is 0.0669. The van der Waals surface area contributed by atoms with E-state index in [0.29, 0.717) is 17.1 Å².